The van der Waals surface area contributed by atoms with Crippen molar-refractivity contribution >= 4 is 11.6 Å². The number of nitrogens with zero attached hydrogens (tertiary/aromatic N) is 1. The van der Waals surface area contributed by atoms with Gasteiger partial charge in [-0.05, 0) is 57.7 Å². The molecule has 2 aromatic rings. The Labute approximate surface area is 148 Å². The second kappa shape index (κ2) is 8.05. The number of hydrogen-bond donors (Lipinski definition) is 1. The van der Waals surface area contributed by atoms with Gasteiger partial charge in [0.1, 0.15) is 11.4 Å². The summed E-state index contributed by atoms with van der Waals surface area (Å²) < 4.78 is 16.5. The molecule has 1 aliphatic carbocycles. The molecule has 1 fully saturated rings. The zero-order chi connectivity index (χ0) is 17.1. The van der Waals surface area contributed by atoms with Gasteiger partial charge in [0, 0.05) is 5.56 Å². The van der Waals surface area contributed by atoms with Crippen LogP contribution in [-0.2, 0) is 0 Å². The van der Waals surface area contributed by atoms with Crippen LogP contribution in [-0.4, -0.2) is 24.3 Å². The van der Waals surface area contributed by atoms with E-state index in [-0.39, 0.29) is 19.4 Å². The predicted molar refractivity (Wildman–Crippen MR) is 96.5 cm³/mol. The van der Waals surface area contributed by atoms with Crippen LogP contribution in [0.3, 0.4) is 0 Å². The van der Waals surface area contributed by atoms with E-state index in [0.717, 1.165) is 12.8 Å². The second-order valence-corrected chi connectivity index (χ2v) is 6.04. The van der Waals surface area contributed by atoms with Crippen molar-refractivity contribution in [2.75, 3.05) is 12.4 Å². The molecule has 1 aromatic carbocycles. The molecule has 6 nitrogen and oxygen atoms in total. The van der Waals surface area contributed by atoms with Crippen molar-refractivity contribution in [3.05, 3.63) is 35.2 Å². The van der Waals surface area contributed by atoms with Crippen molar-refractivity contribution in [1.82, 2.24) is 5.16 Å². The predicted octanol–water partition coefficient (Wildman–Crippen LogP) is 4.51. The quantitative estimate of drug-likeness (QED) is 0.862. The molecule has 1 amide bonds. The van der Waals surface area contributed by atoms with Gasteiger partial charge in [0.25, 0.3) is 5.91 Å². The highest BCUT2D eigenvalue weighted by Crippen LogP contribution is 2.32. The lowest BCUT2D eigenvalue weighted by Crippen LogP contribution is -2.15. The number of rotatable bonds is 5. The number of benzene rings is 1. The minimum absolute atomic E-state index is 0. The van der Waals surface area contributed by atoms with Crippen molar-refractivity contribution in [2.24, 2.45) is 0 Å². The molecule has 3 rings (SSSR count). The highest BCUT2D eigenvalue weighted by Gasteiger charge is 2.20. The normalized spacial score (nSPS) is 14.0. The first-order chi connectivity index (χ1) is 11.6. The maximum Gasteiger partial charge on any atom is 0.255 e. The first-order valence-electron chi connectivity index (χ1n) is 8.17. The molecule has 1 saturated carbocycles. The largest absolute Gasteiger partial charge is 0.493 e. The average Bonchev–Trinajstić information content (AvgIpc) is 3.20. The molecular formula is C19H26N2O4. The number of aryl methyl sites for hydroxylation is 2. The number of ether oxygens (including phenoxy) is 2. The minimum Gasteiger partial charge on any atom is -0.493 e. The van der Waals surface area contributed by atoms with Crippen LogP contribution >= 0.6 is 0 Å². The Hall–Kier alpha value is -2.50. The Kier molecular flexibility index (Phi) is 6.07. The van der Waals surface area contributed by atoms with E-state index in [1.54, 1.807) is 39.2 Å². The summed E-state index contributed by atoms with van der Waals surface area (Å²) in [5, 5.41) is 6.68. The number of aromatic nitrogens is 1. The summed E-state index contributed by atoms with van der Waals surface area (Å²) in [5.74, 6) is 1.59. The molecule has 6 heteroatoms. The highest BCUT2D eigenvalue weighted by molar-refractivity contribution is 6.05. The van der Waals surface area contributed by atoms with Crippen molar-refractivity contribution in [3.63, 3.8) is 0 Å². The Morgan fingerprint density at radius 3 is 2.56 bits per heavy atom. The smallest absolute Gasteiger partial charge is 0.255 e. The summed E-state index contributed by atoms with van der Waals surface area (Å²) in [6.07, 6.45) is 4.63. The Morgan fingerprint density at radius 2 is 1.96 bits per heavy atom. The Balaban J connectivity index is 0.00000225. The third-order valence-corrected chi connectivity index (χ3v) is 4.29. The van der Waals surface area contributed by atoms with Crippen LogP contribution < -0.4 is 14.8 Å². The first kappa shape index (κ1) is 18.8. The number of carbonyl (C=O) groups is 1. The molecule has 136 valence electrons. The lowest BCUT2D eigenvalue weighted by atomic mass is 10.1. The van der Waals surface area contributed by atoms with E-state index in [4.69, 9.17) is 14.0 Å². The van der Waals surface area contributed by atoms with Crippen molar-refractivity contribution in [1.29, 1.82) is 0 Å². The fraction of sp³-hybridized carbons (Fsp3) is 0.474. The average molecular weight is 346 g/mol. The van der Waals surface area contributed by atoms with Gasteiger partial charge in [-0.25, -0.2) is 0 Å². The van der Waals surface area contributed by atoms with Gasteiger partial charge in [-0.15, -0.1) is 0 Å². The van der Waals surface area contributed by atoms with Crippen LogP contribution in [0.2, 0.25) is 0 Å². The molecule has 1 heterocycles. The molecule has 1 aliphatic rings. The molecule has 1 aromatic heterocycles. The van der Waals surface area contributed by atoms with Crippen LogP contribution in [0.4, 0.5) is 5.69 Å². The van der Waals surface area contributed by atoms with Gasteiger partial charge in [-0.1, -0.05) is 12.6 Å². The topological polar surface area (TPSA) is 73.6 Å². The number of carbonyl (C=O) groups excluding carboxylic acids is 1. The summed E-state index contributed by atoms with van der Waals surface area (Å²) in [5.41, 5.74) is 1.76. The van der Waals surface area contributed by atoms with Gasteiger partial charge in [-0.3, -0.25) is 4.79 Å². The fourth-order valence-corrected chi connectivity index (χ4v) is 2.94. The van der Waals surface area contributed by atoms with Crippen molar-refractivity contribution < 1.29 is 18.8 Å². The van der Waals surface area contributed by atoms with E-state index >= 15 is 0 Å². The monoisotopic (exact) mass is 346 g/mol. The van der Waals surface area contributed by atoms with Gasteiger partial charge >= 0.3 is 0 Å². The molecule has 25 heavy (non-hydrogen) atoms. The third kappa shape index (κ3) is 4.13. The molecule has 0 unspecified atom stereocenters. The lowest BCUT2D eigenvalue weighted by molar-refractivity contribution is 0.102. The number of nitrogens with one attached hydrogen (secondary N) is 1. The van der Waals surface area contributed by atoms with E-state index in [1.807, 2.05) is 0 Å². The van der Waals surface area contributed by atoms with Crippen LogP contribution in [0.25, 0.3) is 0 Å². The van der Waals surface area contributed by atoms with E-state index in [2.05, 4.69) is 10.5 Å². The van der Waals surface area contributed by atoms with Crippen molar-refractivity contribution in [3.8, 4) is 11.5 Å². The Bertz CT molecular complexity index is 714. The summed E-state index contributed by atoms with van der Waals surface area (Å²) in [7, 11) is 1.60. The zero-order valence-corrected chi connectivity index (χ0v) is 14.2. The van der Waals surface area contributed by atoms with Gasteiger partial charge < -0.3 is 19.3 Å². The molecule has 0 radical (unpaired) electrons. The maximum atomic E-state index is 12.5. The number of methoxy groups -OCH3 is 1. The van der Waals surface area contributed by atoms with Gasteiger partial charge in [-0.2, -0.15) is 0 Å². The van der Waals surface area contributed by atoms with Crippen LogP contribution in [0.5, 0.6) is 11.5 Å². The second-order valence-electron chi connectivity index (χ2n) is 6.04. The van der Waals surface area contributed by atoms with Crippen LogP contribution in [0.15, 0.2) is 22.7 Å². The van der Waals surface area contributed by atoms with Crippen molar-refractivity contribution in [2.45, 2.75) is 53.1 Å². The minimum atomic E-state index is -0.233. The molecule has 0 saturated heterocycles. The summed E-state index contributed by atoms with van der Waals surface area (Å²) in [6.45, 7) is 3.55. The number of anilines is 1. The lowest BCUT2D eigenvalue weighted by Gasteiger charge is -2.16. The Morgan fingerprint density at radius 1 is 1.24 bits per heavy atom. The zero-order valence-electron chi connectivity index (χ0n) is 14.2. The van der Waals surface area contributed by atoms with Crippen LogP contribution in [0.1, 0.15) is 54.9 Å². The van der Waals surface area contributed by atoms with Gasteiger partial charge in [0.15, 0.2) is 17.3 Å². The van der Waals surface area contributed by atoms with Gasteiger partial charge in [0.05, 0.1) is 13.2 Å². The van der Waals surface area contributed by atoms with E-state index < -0.39 is 0 Å². The first-order valence-corrected chi connectivity index (χ1v) is 8.17. The van der Waals surface area contributed by atoms with E-state index in [0.29, 0.717) is 34.2 Å². The van der Waals surface area contributed by atoms with E-state index in [1.165, 1.54) is 12.8 Å². The SMILES string of the molecule is C.COc1ccc(C(=O)Nc2c(C)noc2C)cc1OC1CCCC1. The molecule has 0 aliphatic heterocycles. The summed E-state index contributed by atoms with van der Waals surface area (Å²) in [6, 6.07) is 5.20. The number of hydrogen-bond acceptors (Lipinski definition) is 5. The molecule has 0 spiro atoms. The van der Waals surface area contributed by atoms with E-state index in [9.17, 15) is 4.79 Å². The standard InChI is InChI=1S/C18H22N2O4.CH4/c1-11-17(12(2)24-20-11)19-18(21)13-8-9-15(22-3)16(10-13)23-14-6-4-5-7-14;/h8-10,14H,4-7H2,1-3H3,(H,19,21);1H4. The molecular weight excluding hydrogens is 320 g/mol. The molecule has 1 N–H and O–H groups in total. The maximum absolute atomic E-state index is 12.5. The fourth-order valence-electron chi connectivity index (χ4n) is 2.94. The highest BCUT2D eigenvalue weighted by atomic mass is 16.5. The number of amides is 1. The van der Waals surface area contributed by atoms with Gasteiger partial charge in [0.2, 0.25) is 0 Å². The molecule has 0 bridgehead atoms. The van der Waals surface area contributed by atoms with Crippen LogP contribution in [0, 0.1) is 13.8 Å². The third-order valence-electron chi connectivity index (χ3n) is 4.29. The molecule has 0 atom stereocenters. The summed E-state index contributed by atoms with van der Waals surface area (Å²) >= 11 is 0. The summed E-state index contributed by atoms with van der Waals surface area (Å²) in [4.78, 5) is 12.5.